The van der Waals surface area contributed by atoms with Crippen LogP contribution < -0.4 is 0 Å². The molecule has 84 valence electrons. The average molecular weight is 276 g/mol. The van der Waals surface area contributed by atoms with Crippen molar-refractivity contribution in [2.75, 3.05) is 0 Å². The molecule has 0 atom stereocenters. The highest BCUT2D eigenvalue weighted by Gasteiger charge is 2.19. The van der Waals surface area contributed by atoms with Crippen molar-refractivity contribution in [2.24, 2.45) is 5.92 Å². The van der Waals surface area contributed by atoms with Crippen LogP contribution in [0.3, 0.4) is 0 Å². The van der Waals surface area contributed by atoms with Crippen LogP contribution >= 0.6 is 15.9 Å². The predicted molar refractivity (Wildman–Crippen MR) is 60.7 cm³/mol. The lowest BCUT2D eigenvalue weighted by atomic mass is 10.0. The van der Waals surface area contributed by atoms with Crippen molar-refractivity contribution in [3.63, 3.8) is 0 Å². The topological polar surface area (TPSA) is 61.0 Å². The van der Waals surface area contributed by atoms with Crippen molar-refractivity contribution in [2.45, 2.75) is 33.2 Å². The van der Waals surface area contributed by atoms with Gasteiger partial charge in [0.2, 0.25) is 0 Å². The first-order valence-electron chi connectivity index (χ1n) is 4.95. The third kappa shape index (κ3) is 3.02. The highest BCUT2D eigenvalue weighted by Crippen LogP contribution is 2.23. The molecule has 1 aromatic rings. The summed E-state index contributed by atoms with van der Waals surface area (Å²) in [4.78, 5) is 10.1. The first-order valence-corrected chi connectivity index (χ1v) is 5.75. The lowest BCUT2D eigenvalue weighted by Gasteiger charge is -2.08. The molecular weight excluding hydrogens is 262 g/mol. The maximum atomic E-state index is 10.6. The van der Waals surface area contributed by atoms with E-state index < -0.39 is 4.92 Å². The Labute approximate surface area is 96.7 Å². The second kappa shape index (κ2) is 5.25. The SMILES string of the molecule is CCC(CC)Cn1cc(Br)c([N+](=O)[O-])n1. The van der Waals surface area contributed by atoms with Crippen molar-refractivity contribution < 1.29 is 4.92 Å². The third-order valence-electron chi connectivity index (χ3n) is 2.47. The summed E-state index contributed by atoms with van der Waals surface area (Å²) in [7, 11) is 0. The molecule has 0 radical (unpaired) electrons. The number of rotatable bonds is 5. The van der Waals surface area contributed by atoms with E-state index in [1.165, 1.54) is 0 Å². The minimum absolute atomic E-state index is 0.110. The molecule has 0 N–H and O–H groups in total. The summed E-state index contributed by atoms with van der Waals surface area (Å²) in [6.45, 7) is 4.96. The van der Waals surface area contributed by atoms with Gasteiger partial charge in [-0.3, -0.25) is 0 Å². The monoisotopic (exact) mass is 275 g/mol. The molecule has 0 aromatic carbocycles. The van der Waals surface area contributed by atoms with Gasteiger partial charge in [0, 0.05) is 0 Å². The van der Waals surface area contributed by atoms with E-state index in [0.717, 1.165) is 19.4 Å². The van der Waals surface area contributed by atoms with E-state index in [-0.39, 0.29) is 5.82 Å². The molecule has 0 bridgehead atoms. The molecule has 15 heavy (non-hydrogen) atoms. The van der Waals surface area contributed by atoms with Gasteiger partial charge in [0.1, 0.15) is 4.47 Å². The van der Waals surface area contributed by atoms with Gasteiger partial charge in [0.05, 0.1) is 17.8 Å². The number of nitro groups is 1. The Balaban J connectivity index is 2.79. The van der Waals surface area contributed by atoms with Crippen LogP contribution in [0.4, 0.5) is 5.82 Å². The van der Waals surface area contributed by atoms with Gasteiger partial charge in [-0.05, 0) is 26.8 Å². The fourth-order valence-electron chi connectivity index (χ4n) is 1.42. The van der Waals surface area contributed by atoms with Crippen molar-refractivity contribution in [3.8, 4) is 0 Å². The lowest BCUT2D eigenvalue weighted by Crippen LogP contribution is -2.09. The first kappa shape index (κ1) is 12.2. The van der Waals surface area contributed by atoms with Crippen LogP contribution in [-0.2, 0) is 6.54 Å². The fraction of sp³-hybridized carbons (Fsp3) is 0.667. The average Bonchev–Trinajstić information content (AvgIpc) is 2.56. The highest BCUT2D eigenvalue weighted by molar-refractivity contribution is 9.10. The van der Waals surface area contributed by atoms with Crippen LogP contribution in [0.15, 0.2) is 10.7 Å². The molecule has 1 rings (SSSR count). The highest BCUT2D eigenvalue weighted by atomic mass is 79.9. The smallest absolute Gasteiger partial charge is 0.358 e. The quantitative estimate of drug-likeness (QED) is 0.613. The molecule has 5 nitrogen and oxygen atoms in total. The maximum absolute atomic E-state index is 10.6. The molecule has 1 aromatic heterocycles. The van der Waals surface area contributed by atoms with Gasteiger partial charge in [0.15, 0.2) is 0 Å². The second-order valence-corrected chi connectivity index (χ2v) is 4.32. The van der Waals surface area contributed by atoms with E-state index in [1.807, 2.05) is 0 Å². The van der Waals surface area contributed by atoms with Gasteiger partial charge in [-0.15, -0.1) is 0 Å². The summed E-state index contributed by atoms with van der Waals surface area (Å²) < 4.78 is 2.08. The Morgan fingerprint density at radius 3 is 2.60 bits per heavy atom. The third-order valence-corrected chi connectivity index (χ3v) is 3.03. The predicted octanol–water partition coefficient (Wildman–Crippen LogP) is 2.99. The molecular formula is C9H14BrN3O2. The molecule has 0 aliphatic carbocycles. The number of hydrogen-bond acceptors (Lipinski definition) is 3. The largest absolute Gasteiger partial charge is 0.404 e. The molecule has 0 aliphatic rings. The van der Waals surface area contributed by atoms with E-state index >= 15 is 0 Å². The normalized spacial score (nSPS) is 10.9. The number of aromatic nitrogens is 2. The number of hydrogen-bond donors (Lipinski definition) is 0. The van der Waals surface area contributed by atoms with E-state index in [0.29, 0.717) is 10.4 Å². The Kier molecular flexibility index (Phi) is 4.26. The summed E-state index contributed by atoms with van der Waals surface area (Å²) in [6, 6.07) is 0. The molecule has 0 saturated carbocycles. The molecule has 0 spiro atoms. The van der Waals surface area contributed by atoms with Crippen LogP contribution in [0, 0.1) is 16.0 Å². The fourth-order valence-corrected chi connectivity index (χ4v) is 1.88. The van der Waals surface area contributed by atoms with Gasteiger partial charge in [-0.2, -0.15) is 4.68 Å². The van der Waals surface area contributed by atoms with Crippen molar-refractivity contribution in [3.05, 3.63) is 20.8 Å². The molecule has 6 heteroatoms. The van der Waals surface area contributed by atoms with Crippen molar-refractivity contribution in [1.82, 2.24) is 9.78 Å². The summed E-state index contributed by atoms with van der Waals surface area (Å²) >= 11 is 3.13. The lowest BCUT2D eigenvalue weighted by molar-refractivity contribution is -0.390. The summed E-state index contributed by atoms with van der Waals surface area (Å²) in [5.74, 6) is 0.414. The van der Waals surface area contributed by atoms with E-state index in [9.17, 15) is 10.1 Å². The molecule has 0 aliphatic heterocycles. The van der Waals surface area contributed by atoms with Crippen molar-refractivity contribution >= 4 is 21.7 Å². The van der Waals surface area contributed by atoms with Gasteiger partial charge < -0.3 is 10.1 Å². The van der Waals surface area contributed by atoms with Crippen LogP contribution in [0.25, 0.3) is 0 Å². The Bertz CT molecular complexity index is 347. The Hall–Kier alpha value is -0.910. The standard InChI is InChI=1S/C9H14BrN3O2/c1-3-7(4-2)5-12-6-8(10)9(11-12)13(14)15/h6-7H,3-5H2,1-2H3. The maximum Gasteiger partial charge on any atom is 0.404 e. The number of halogens is 1. The first-order chi connectivity index (χ1) is 7.08. The Morgan fingerprint density at radius 1 is 1.60 bits per heavy atom. The van der Waals surface area contributed by atoms with E-state index in [4.69, 9.17) is 0 Å². The zero-order chi connectivity index (χ0) is 11.4. The van der Waals surface area contributed by atoms with Crippen molar-refractivity contribution in [1.29, 1.82) is 0 Å². The molecule has 0 saturated heterocycles. The van der Waals surface area contributed by atoms with E-state index in [1.54, 1.807) is 10.9 Å². The van der Waals surface area contributed by atoms with Crippen LogP contribution in [0.2, 0.25) is 0 Å². The van der Waals surface area contributed by atoms with Crippen LogP contribution in [-0.4, -0.2) is 14.7 Å². The van der Waals surface area contributed by atoms with Gasteiger partial charge in [-0.1, -0.05) is 26.7 Å². The molecule has 0 fully saturated rings. The minimum Gasteiger partial charge on any atom is -0.358 e. The summed E-state index contributed by atoms with van der Waals surface area (Å²) in [5, 5.41) is 14.5. The zero-order valence-electron chi connectivity index (χ0n) is 8.81. The van der Waals surface area contributed by atoms with E-state index in [2.05, 4.69) is 34.9 Å². The molecule has 1 heterocycles. The summed E-state index contributed by atoms with van der Waals surface area (Å²) in [5.41, 5.74) is 0. The Morgan fingerprint density at radius 2 is 2.20 bits per heavy atom. The van der Waals surface area contributed by atoms with Gasteiger partial charge >= 0.3 is 5.82 Å². The summed E-state index contributed by atoms with van der Waals surface area (Å²) in [6.07, 6.45) is 3.78. The minimum atomic E-state index is -0.479. The molecule has 0 amide bonds. The van der Waals surface area contributed by atoms with Crippen LogP contribution in [0.1, 0.15) is 26.7 Å². The van der Waals surface area contributed by atoms with Gasteiger partial charge in [0.25, 0.3) is 0 Å². The molecule has 0 unspecified atom stereocenters. The van der Waals surface area contributed by atoms with Gasteiger partial charge in [-0.25, -0.2) is 0 Å². The second-order valence-electron chi connectivity index (χ2n) is 3.46. The number of nitrogens with zero attached hydrogens (tertiary/aromatic N) is 3. The van der Waals surface area contributed by atoms with Crippen LogP contribution in [0.5, 0.6) is 0 Å². The zero-order valence-corrected chi connectivity index (χ0v) is 10.4.